The van der Waals surface area contributed by atoms with Crippen LogP contribution in [-0.2, 0) is 16.0 Å². The van der Waals surface area contributed by atoms with Crippen LogP contribution in [0.15, 0.2) is 28.8 Å². The highest BCUT2D eigenvalue weighted by Crippen LogP contribution is 2.38. The number of likely N-dealkylation sites (N-methyl/N-ethyl adjacent to an activating group) is 1. The summed E-state index contributed by atoms with van der Waals surface area (Å²) in [5, 5.41) is 6.87. The number of rotatable bonds is 5. The number of hydrogen-bond acceptors (Lipinski definition) is 6. The van der Waals surface area contributed by atoms with Crippen LogP contribution >= 0.6 is 0 Å². The van der Waals surface area contributed by atoms with Crippen LogP contribution in [-0.4, -0.2) is 58.4 Å². The molecule has 1 aliphatic heterocycles. The average Bonchev–Trinajstić information content (AvgIpc) is 3.46. The van der Waals surface area contributed by atoms with E-state index in [0.29, 0.717) is 37.1 Å². The SMILES string of the molecule is CCCc1ccccc1NC(=O)C(=O)N1CCN(C)C(c2nc(C3CC3)no2)C1. The first-order valence-corrected chi connectivity index (χ1v) is 10.3. The Morgan fingerprint density at radius 1 is 1.24 bits per heavy atom. The Hall–Kier alpha value is -2.74. The Labute approximate surface area is 170 Å². The molecule has 0 bridgehead atoms. The smallest absolute Gasteiger partial charge is 0.313 e. The van der Waals surface area contributed by atoms with Crippen molar-refractivity contribution in [3.63, 3.8) is 0 Å². The van der Waals surface area contributed by atoms with Crippen LogP contribution in [0.5, 0.6) is 0 Å². The minimum Gasteiger partial charge on any atom is -0.338 e. The van der Waals surface area contributed by atoms with Crippen molar-refractivity contribution >= 4 is 17.5 Å². The first kappa shape index (κ1) is 19.6. The molecule has 1 unspecified atom stereocenters. The summed E-state index contributed by atoms with van der Waals surface area (Å²) in [6.07, 6.45) is 4.02. The molecule has 0 spiro atoms. The predicted molar refractivity (Wildman–Crippen MR) is 107 cm³/mol. The van der Waals surface area contributed by atoms with E-state index in [1.54, 1.807) is 4.90 Å². The molecule has 1 aromatic carbocycles. The molecule has 8 heteroatoms. The number of anilines is 1. The molecule has 29 heavy (non-hydrogen) atoms. The van der Waals surface area contributed by atoms with Gasteiger partial charge in [0.05, 0.1) is 0 Å². The van der Waals surface area contributed by atoms with E-state index < -0.39 is 11.8 Å². The van der Waals surface area contributed by atoms with Crippen molar-refractivity contribution in [2.24, 2.45) is 0 Å². The molecule has 2 fully saturated rings. The molecule has 2 amide bonds. The number of carbonyl (C=O) groups is 2. The zero-order valence-electron chi connectivity index (χ0n) is 16.9. The van der Waals surface area contributed by atoms with Gasteiger partial charge >= 0.3 is 11.8 Å². The van der Waals surface area contributed by atoms with Crippen molar-refractivity contribution in [2.45, 2.75) is 44.6 Å². The lowest BCUT2D eigenvalue weighted by atomic mass is 10.1. The first-order valence-electron chi connectivity index (χ1n) is 10.3. The Kier molecular flexibility index (Phi) is 5.62. The van der Waals surface area contributed by atoms with Crippen molar-refractivity contribution in [1.82, 2.24) is 19.9 Å². The van der Waals surface area contributed by atoms with Crippen molar-refractivity contribution in [2.75, 3.05) is 32.0 Å². The summed E-state index contributed by atoms with van der Waals surface area (Å²) in [4.78, 5) is 33.6. The number of carbonyl (C=O) groups excluding carboxylic acids is 2. The van der Waals surface area contributed by atoms with Gasteiger partial charge in [0.2, 0.25) is 5.89 Å². The fourth-order valence-electron chi connectivity index (χ4n) is 3.66. The van der Waals surface area contributed by atoms with Gasteiger partial charge in [-0.1, -0.05) is 36.7 Å². The van der Waals surface area contributed by atoms with Gasteiger partial charge in [0.15, 0.2) is 5.82 Å². The van der Waals surface area contributed by atoms with E-state index in [1.807, 2.05) is 31.3 Å². The standard InChI is InChI=1S/C21H27N5O3/c1-3-6-14-7-4-5-8-16(14)22-19(27)21(28)26-12-11-25(2)17(13-26)20-23-18(24-29-20)15-9-10-15/h4-5,7-8,15,17H,3,6,9-13H2,1-2H3,(H,22,27). The third-order valence-corrected chi connectivity index (χ3v) is 5.60. The van der Waals surface area contributed by atoms with E-state index in [1.165, 1.54) is 0 Å². The lowest BCUT2D eigenvalue weighted by molar-refractivity contribution is -0.145. The number of aryl methyl sites for hydroxylation is 1. The molecule has 1 saturated carbocycles. The number of benzene rings is 1. The summed E-state index contributed by atoms with van der Waals surface area (Å²) < 4.78 is 5.46. The number of piperazine rings is 1. The summed E-state index contributed by atoms with van der Waals surface area (Å²) in [6, 6.07) is 7.41. The maximum atomic E-state index is 12.8. The normalized spacial score (nSPS) is 19.9. The topological polar surface area (TPSA) is 91.6 Å². The molecular formula is C21H27N5O3. The molecule has 0 radical (unpaired) electrons. The zero-order chi connectivity index (χ0) is 20.4. The first-order chi connectivity index (χ1) is 14.1. The molecular weight excluding hydrogens is 370 g/mol. The van der Waals surface area contributed by atoms with Crippen molar-refractivity contribution < 1.29 is 14.1 Å². The van der Waals surface area contributed by atoms with Gasteiger partial charge in [-0.15, -0.1) is 0 Å². The van der Waals surface area contributed by atoms with Crippen LogP contribution in [0.3, 0.4) is 0 Å². The highest BCUT2D eigenvalue weighted by Gasteiger charge is 2.36. The quantitative estimate of drug-likeness (QED) is 0.779. The van der Waals surface area contributed by atoms with E-state index in [9.17, 15) is 9.59 Å². The van der Waals surface area contributed by atoms with Crippen LogP contribution in [0.4, 0.5) is 5.69 Å². The molecule has 1 aromatic heterocycles. The number of amides is 2. The third-order valence-electron chi connectivity index (χ3n) is 5.60. The molecule has 1 saturated heterocycles. The van der Waals surface area contributed by atoms with Crippen LogP contribution in [0.1, 0.15) is 55.4 Å². The Morgan fingerprint density at radius 3 is 2.79 bits per heavy atom. The molecule has 154 valence electrons. The number of nitrogens with zero attached hydrogens (tertiary/aromatic N) is 4. The van der Waals surface area contributed by atoms with Gasteiger partial charge < -0.3 is 14.7 Å². The molecule has 2 aliphatic rings. The highest BCUT2D eigenvalue weighted by molar-refractivity contribution is 6.39. The van der Waals surface area contributed by atoms with Gasteiger partial charge in [0, 0.05) is 31.2 Å². The van der Waals surface area contributed by atoms with Gasteiger partial charge in [0.1, 0.15) is 6.04 Å². The van der Waals surface area contributed by atoms with E-state index in [2.05, 4.69) is 27.3 Å². The van der Waals surface area contributed by atoms with Gasteiger partial charge in [-0.05, 0) is 37.9 Å². The molecule has 1 N–H and O–H groups in total. The minimum absolute atomic E-state index is 0.201. The molecule has 1 aliphatic carbocycles. The fraction of sp³-hybridized carbons (Fsp3) is 0.524. The monoisotopic (exact) mass is 397 g/mol. The summed E-state index contributed by atoms with van der Waals surface area (Å²) >= 11 is 0. The van der Waals surface area contributed by atoms with Crippen LogP contribution in [0.2, 0.25) is 0 Å². The fourth-order valence-corrected chi connectivity index (χ4v) is 3.66. The van der Waals surface area contributed by atoms with Gasteiger partial charge in [0.25, 0.3) is 0 Å². The van der Waals surface area contributed by atoms with Gasteiger partial charge in [-0.25, -0.2) is 0 Å². The van der Waals surface area contributed by atoms with Crippen LogP contribution in [0, 0.1) is 0 Å². The number of hydrogen-bond donors (Lipinski definition) is 1. The Bertz CT molecular complexity index is 892. The molecule has 8 nitrogen and oxygen atoms in total. The second kappa shape index (κ2) is 8.32. The van der Waals surface area contributed by atoms with E-state index in [4.69, 9.17) is 4.52 Å². The van der Waals surface area contributed by atoms with Crippen molar-refractivity contribution in [3.8, 4) is 0 Å². The lowest BCUT2D eigenvalue weighted by Gasteiger charge is -2.37. The van der Waals surface area contributed by atoms with Crippen molar-refractivity contribution in [3.05, 3.63) is 41.5 Å². The second-order valence-corrected chi connectivity index (χ2v) is 7.87. The third kappa shape index (κ3) is 4.32. The van der Waals surface area contributed by atoms with Crippen LogP contribution in [0.25, 0.3) is 0 Å². The Morgan fingerprint density at radius 2 is 2.03 bits per heavy atom. The summed E-state index contributed by atoms with van der Waals surface area (Å²) in [7, 11) is 1.97. The zero-order valence-corrected chi connectivity index (χ0v) is 16.9. The molecule has 4 rings (SSSR count). The lowest BCUT2D eigenvalue weighted by Crippen LogP contribution is -2.51. The van der Waals surface area contributed by atoms with Gasteiger partial charge in [-0.3, -0.25) is 14.5 Å². The van der Waals surface area contributed by atoms with E-state index in [0.717, 1.165) is 37.1 Å². The maximum absolute atomic E-state index is 12.8. The van der Waals surface area contributed by atoms with E-state index in [-0.39, 0.29) is 6.04 Å². The second-order valence-electron chi connectivity index (χ2n) is 7.87. The average molecular weight is 397 g/mol. The number of aromatic nitrogens is 2. The number of nitrogens with one attached hydrogen (secondary N) is 1. The largest absolute Gasteiger partial charge is 0.338 e. The minimum atomic E-state index is -0.610. The van der Waals surface area contributed by atoms with Crippen LogP contribution < -0.4 is 5.32 Å². The summed E-state index contributed by atoms with van der Waals surface area (Å²) in [6.45, 7) is 3.56. The predicted octanol–water partition coefficient (Wildman–Crippen LogP) is 2.35. The summed E-state index contributed by atoms with van der Waals surface area (Å²) in [5.41, 5.74) is 1.73. The molecule has 2 heterocycles. The molecule has 2 aromatic rings. The molecule has 1 atom stereocenters. The maximum Gasteiger partial charge on any atom is 0.313 e. The summed E-state index contributed by atoms with van der Waals surface area (Å²) in [5.74, 6) is 0.535. The highest BCUT2D eigenvalue weighted by atomic mass is 16.5. The van der Waals surface area contributed by atoms with E-state index >= 15 is 0 Å². The van der Waals surface area contributed by atoms with Crippen molar-refractivity contribution in [1.29, 1.82) is 0 Å². The number of para-hydroxylation sites is 1. The Balaban J connectivity index is 1.43. The van der Waals surface area contributed by atoms with Gasteiger partial charge in [-0.2, -0.15) is 4.98 Å².